The Bertz CT molecular complexity index is 1760. The van der Waals surface area contributed by atoms with Gasteiger partial charge in [0.2, 0.25) is 11.8 Å². The van der Waals surface area contributed by atoms with Gasteiger partial charge in [-0.3, -0.25) is 24.6 Å². The first-order chi connectivity index (χ1) is 21.5. The molecule has 0 bridgehead atoms. The fraction of sp³-hybridized carbons (Fsp3) is 0.206. The molecule has 2 heterocycles. The van der Waals surface area contributed by atoms with Gasteiger partial charge in [0.15, 0.2) is 0 Å². The smallest absolute Gasteiger partial charge is 0.416 e. The Morgan fingerprint density at radius 1 is 0.844 bits per heavy atom. The number of carbonyl (C=O) groups is 3. The summed E-state index contributed by atoms with van der Waals surface area (Å²) in [5.41, 5.74) is -1.15. The van der Waals surface area contributed by atoms with Gasteiger partial charge < -0.3 is 14.9 Å². The molecular weight excluding hydrogens is 589 g/mol. The summed E-state index contributed by atoms with van der Waals surface area (Å²) in [4.78, 5) is 42.2. The lowest BCUT2D eigenvalue weighted by Crippen LogP contribution is -2.57. The molecule has 230 valence electrons. The van der Waals surface area contributed by atoms with Crippen molar-refractivity contribution in [3.05, 3.63) is 125 Å². The number of aromatic hydroxyl groups is 1. The van der Waals surface area contributed by atoms with E-state index in [-0.39, 0.29) is 30.2 Å². The number of phenolic OH excluding ortho intramolecular Hbond substituents is 1. The Morgan fingerprint density at radius 3 is 2.18 bits per heavy atom. The number of aliphatic carboxylic acids is 1. The molecule has 2 aliphatic heterocycles. The third kappa shape index (κ3) is 5.62. The summed E-state index contributed by atoms with van der Waals surface area (Å²) in [6.07, 6.45) is -4.73. The normalized spacial score (nSPS) is 22.8. The van der Waals surface area contributed by atoms with Gasteiger partial charge in [0.05, 0.1) is 23.9 Å². The highest BCUT2D eigenvalue weighted by Gasteiger charge is 2.68. The second kappa shape index (κ2) is 11.4. The van der Waals surface area contributed by atoms with Crippen molar-refractivity contribution in [1.82, 2.24) is 10.2 Å². The van der Waals surface area contributed by atoms with E-state index in [1.807, 2.05) is 0 Å². The fourth-order valence-electron chi connectivity index (χ4n) is 6.29. The Labute approximate surface area is 255 Å². The number of carboxylic acid groups (broad SMARTS) is 1. The average molecular weight is 617 g/mol. The maximum Gasteiger partial charge on any atom is 0.416 e. The fourth-order valence-corrected chi connectivity index (χ4v) is 6.29. The lowest BCUT2D eigenvalue weighted by molar-refractivity contribution is -0.151. The molecule has 4 unspecified atom stereocenters. The van der Waals surface area contributed by atoms with E-state index in [2.05, 4.69) is 5.32 Å². The van der Waals surface area contributed by atoms with Crippen LogP contribution < -0.4 is 10.1 Å². The number of benzene rings is 4. The second-order valence-electron chi connectivity index (χ2n) is 11.2. The molecule has 45 heavy (non-hydrogen) atoms. The number of halogens is 3. The van der Waals surface area contributed by atoms with Gasteiger partial charge in [-0.2, -0.15) is 13.2 Å². The van der Waals surface area contributed by atoms with E-state index in [0.29, 0.717) is 16.7 Å². The molecule has 4 atom stereocenters. The number of rotatable bonds is 8. The summed E-state index contributed by atoms with van der Waals surface area (Å²) in [5.74, 6) is -4.78. The molecule has 3 N–H and O–H groups in total. The molecule has 0 aliphatic carbocycles. The van der Waals surface area contributed by atoms with Gasteiger partial charge in [0.25, 0.3) is 0 Å². The van der Waals surface area contributed by atoms with Crippen molar-refractivity contribution in [3.63, 3.8) is 0 Å². The Hall–Kier alpha value is -5.16. The van der Waals surface area contributed by atoms with Crippen molar-refractivity contribution in [1.29, 1.82) is 0 Å². The maximum absolute atomic E-state index is 14.0. The van der Waals surface area contributed by atoms with Crippen molar-refractivity contribution < 1.29 is 42.5 Å². The van der Waals surface area contributed by atoms with Crippen LogP contribution >= 0.6 is 0 Å². The maximum atomic E-state index is 14.0. The molecule has 6 rings (SSSR count). The van der Waals surface area contributed by atoms with Gasteiger partial charge in [-0.1, -0.05) is 60.7 Å². The minimum atomic E-state index is -4.57. The van der Waals surface area contributed by atoms with Crippen LogP contribution in [-0.4, -0.2) is 38.4 Å². The highest BCUT2D eigenvalue weighted by atomic mass is 19.4. The third-order valence-electron chi connectivity index (χ3n) is 8.34. The van der Waals surface area contributed by atoms with Crippen molar-refractivity contribution in [3.8, 4) is 17.2 Å². The summed E-state index contributed by atoms with van der Waals surface area (Å²) in [6.45, 7) is -0.0359. The van der Waals surface area contributed by atoms with Crippen LogP contribution in [-0.2, 0) is 33.5 Å². The molecule has 0 aromatic heterocycles. The highest BCUT2D eigenvalue weighted by Crippen LogP contribution is 2.51. The van der Waals surface area contributed by atoms with Crippen LogP contribution in [0.2, 0.25) is 0 Å². The molecule has 4 aromatic rings. The minimum Gasteiger partial charge on any atom is -0.508 e. The summed E-state index contributed by atoms with van der Waals surface area (Å²) < 4.78 is 45.5. The van der Waals surface area contributed by atoms with Gasteiger partial charge in [0.1, 0.15) is 22.8 Å². The van der Waals surface area contributed by atoms with Gasteiger partial charge in [-0.25, -0.2) is 0 Å². The van der Waals surface area contributed by atoms with Crippen LogP contribution in [0.3, 0.4) is 0 Å². The first kappa shape index (κ1) is 29.9. The van der Waals surface area contributed by atoms with E-state index in [9.17, 15) is 37.8 Å². The first-order valence-electron chi connectivity index (χ1n) is 14.1. The number of nitrogens with one attached hydrogen (secondary N) is 1. The van der Waals surface area contributed by atoms with Crippen LogP contribution in [0.5, 0.6) is 17.2 Å². The summed E-state index contributed by atoms with van der Waals surface area (Å²) >= 11 is 0. The average Bonchev–Trinajstić information content (AvgIpc) is 3.48. The Morgan fingerprint density at radius 2 is 1.51 bits per heavy atom. The molecule has 11 heteroatoms. The third-order valence-corrected chi connectivity index (χ3v) is 8.34. The van der Waals surface area contributed by atoms with E-state index in [4.69, 9.17) is 4.74 Å². The van der Waals surface area contributed by atoms with Gasteiger partial charge in [-0.15, -0.1) is 0 Å². The number of nitrogens with zero attached hydrogens (tertiary/aromatic N) is 1. The van der Waals surface area contributed by atoms with E-state index >= 15 is 0 Å². The molecule has 0 saturated carbocycles. The van der Waals surface area contributed by atoms with Crippen molar-refractivity contribution in [2.75, 3.05) is 0 Å². The Kier molecular flexibility index (Phi) is 7.57. The quantitative estimate of drug-likeness (QED) is 0.217. The highest BCUT2D eigenvalue weighted by molar-refractivity contribution is 6.09. The molecule has 0 spiro atoms. The van der Waals surface area contributed by atoms with Gasteiger partial charge in [0, 0.05) is 12.5 Å². The zero-order chi connectivity index (χ0) is 31.9. The number of likely N-dealkylation sites (tertiary alicyclic amines) is 1. The topological polar surface area (TPSA) is 116 Å². The lowest BCUT2D eigenvalue weighted by atomic mass is 9.76. The first-order valence-corrected chi connectivity index (χ1v) is 14.1. The van der Waals surface area contributed by atoms with Gasteiger partial charge in [-0.05, 0) is 59.2 Å². The predicted octanol–water partition coefficient (Wildman–Crippen LogP) is 5.72. The van der Waals surface area contributed by atoms with E-state index < -0.39 is 52.9 Å². The summed E-state index contributed by atoms with van der Waals surface area (Å²) in [7, 11) is 0. The molecule has 4 aromatic carbocycles. The largest absolute Gasteiger partial charge is 0.508 e. The van der Waals surface area contributed by atoms with Crippen molar-refractivity contribution in [2.45, 2.75) is 30.7 Å². The van der Waals surface area contributed by atoms with Crippen molar-refractivity contribution in [2.24, 2.45) is 11.8 Å². The van der Waals surface area contributed by atoms with E-state index in [0.717, 1.165) is 17.0 Å². The van der Waals surface area contributed by atoms with Crippen molar-refractivity contribution >= 4 is 17.8 Å². The number of ether oxygens (including phenoxy) is 1. The second-order valence-corrected chi connectivity index (χ2v) is 11.2. The molecule has 2 aliphatic rings. The molecule has 2 amide bonds. The van der Waals surface area contributed by atoms with E-state index in [1.165, 1.54) is 36.4 Å². The summed E-state index contributed by atoms with van der Waals surface area (Å²) in [5, 5.41) is 23.6. The van der Waals surface area contributed by atoms with Crippen LogP contribution in [0.15, 0.2) is 103 Å². The van der Waals surface area contributed by atoms with Crippen LogP contribution in [0, 0.1) is 11.8 Å². The molecule has 2 fully saturated rings. The monoisotopic (exact) mass is 616 g/mol. The number of hydrogen-bond acceptors (Lipinski definition) is 6. The molecule has 8 nitrogen and oxygen atoms in total. The zero-order valence-corrected chi connectivity index (χ0v) is 23.6. The van der Waals surface area contributed by atoms with E-state index in [1.54, 1.807) is 54.6 Å². The minimum absolute atomic E-state index is 0.0167. The predicted molar refractivity (Wildman–Crippen MR) is 155 cm³/mol. The number of fused-ring (bicyclic) bond motifs is 1. The number of carboxylic acids is 1. The molecule has 2 saturated heterocycles. The molecule has 0 radical (unpaired) electrons. The standard InChI is InChI=1S/C34H27F3N2O6/c35-34(36,37)23-9-5-11-26(17-23)45-25-10-4-8-22(16-25)29-27-28(31(42)39(30(27)41)19-21-6-2-1-3-7-21)33(38-29,32(43)44)18-20-12-14-24(40)15-13-20/h1-17,27-29,38,40H,18-19H2,(H,43,44). The summed E-state index contributed by atoms with van der Waals surface area (Å²) in [6, 6.07) is 24.5. The van der Waals surface area contributed by atoms with Crippen LogP contribution in [0.1, 0.15) is 28.3 Å². The lowest BCUT2D eigenvalue weighted by Gasteiger charge is -2.31. The van der Waals surface area contributed by atoms with Crippen LogP contribution in [0.4, 0.5) is 13.2 Å². The number of phenols is 1. The Balaban J connectivity index is 1.39. The zero-order valence-electron chi connectivity index (χ0n) is 23.6. The number of alkyl halides is 3. The SMILES string of the molecule is O=C1C2C(c3cccc(Oc4cccc(C(F)(F)F)c4)c3)NC(Cc3ccc(O)cc3)(C(=O)O)C2C(=O)N1Cc1ccccc1. The van der Waals surface area contributed by atoms with Crippen LogP contribution in [0.25, 0.3) is 0 Å². The molecular formula is C34H27F3N2O6. The van der Waals surface area contributed by atoms with Gasteiger partial charge >= 0.3 is 12.1 Å². The number of amides is 2. The number of hydrogen-bond donors (Lipinski definition) is 3. The number of carbonyl (C=O) groups excluding carboxylic acids is 2. The number of imide groups is 1.